The van der Waals surface area contributed by atoms with Crippen LogP contribution >= 0.6 is 0 Å². The summed E-state index contributed by atoms with van der Waals surface area (Å²) in [5.41, 5.74) is 0. The highest BCUT2D eigenvalue weighted by Gasteiger charge is 2.45. The molecule has 0 N–H and O–H groups in total. The Labute approximate surface area is 73.5 Å². The second-order valence-corrected chi connectivity index (χ2v) is 30.1. The van der Waals surface area contributed by atoms with Crippen LogP contribution in [-0.2, 0) is 4.43 Å². The Bertz CT molecular complexity index is 140. The van der Waals surface area contributed by atoms with Crippen molar-refractivity contribution >= 4 is 23.3 Å². The van der Waals surface area contributed by atoms with E-state index in [-0.39, 0.29) is 0 Å². The van der Waals surface area contributed by atoms with Crippen molar-refractivity contribution < 1.29 is 4.43 Å². The van der Waals surface area contributed by atoms with Gasteiger partial charge in [-0.2, -0.15) is 0 Å². The van der Waals surface area contributed by atoms with E-state index in [0.29, 0.717) is 0 Å². The van der Waals surface area contributed by atoms with Gasteiger partial charge in [-0.3, -0.25) is 0 Å². The Morgan fingerprint density at radius 3 is 2.09 bits per heavy atom. The normalized spacial score (nSPS) is 35.2. The van der Waals surface area contributed by atoms with Gasteiger partial charge < -0.3 is 4.43 Å². The smallest absolute Gasteiger partial charge is 0.167 e. The van der Waals surface area contributed by atoms with Gasteiger partial charge in [-0.25, -0.2) is 0 Å². The molecule has 1 heterocycles. The summed E-state index contributed by atoms with van der Waals surface area (Å²) in [4.78, 5) is 0. The molecule has 1 aliphatic rings. The molecule has 0 bridgehead atoms. The summed E-state index contributed by atoms with van der Waals surface area (Å²) < 4.78 is 5.95. The van der Waals surface area contributed by atoms with Crippen LogP contribution in [0.15, 0.2) is 0 Å². The molecule has 1 aliphatic heterocycles. The molecule has 0 radical (unpaired) electrons. The summed E-state index contributed by atoms with van der Waals surface area (Å²) in [7, 11) is -2.34. The molecule has 66 valence electrons. The third-order valence-electron chi connectivity index (χ3n) is 3.44. The maximum absolute atomic E-state index is 5.95. The van der Waals surface area contributed by atoms with Crippen LogP contribution in [0.25, 0.3) is 0 Å². The van der Waals surface area contributed by atoms with Crippen molar-refractivity contribution in [1.29, 1.82) is 0 Å². The standard InChI is InChI=1S/C7H20OSi3/c1-9-10(2,3)7-6-8-11(9,4)5/h9H,6-7H2,1-5H3. The maximum atomic E-state index is 5.95. The summed E-state index contributed by atoms with van der Waals surface area (Å²) in [5, 5.41) is 0. The lowest BCUT2D eigenvalue weighted by molar-refractivity contribution is 0.337. The lowest BCUT2D eigenvalue weighted by Gasteiger charge is -2.43. The van der Waals surface area contributed by atoms with Gasteiger partial charge in [0.05, 0.1) is 7.83 Å². The first-order valence-corrected chi connectivity index (χ1v) is 15.4. The van der Waals surface area contributed by atoms with Gasteiger partial charge in [-0.1, -0.05) is 19.6 Å². The molecule has 1 saturated heterocycles. The fraction of sp³-hybridized carbons (Fsp3) is 1.00. The van der Waals surface area contributed by atoms with Gasteiger partial charge in [0, 0.05) is 14.2 Å². The van der Waals surface area contributed by atoms with Crippen LogP contribution in [0.1, 0.15) is 0 Å². The molecule has 1 rings (SSSR count). The molecule has 0 amide bonds. The van der Waals surface area contributed by atoms with Crippen LogP contribution in [0.5, 0.6) is 0 Å². The molecule has 11 heavy (non-hydrogen) atoms. The van der Waals surface area contributed by atoms with Crippen LogP contribution in [0.3, 0.4) is 0 Å². The lowest BCUT2D eigenvalue weighted by Crippen LogP contribution is -2.65. The van der Waals surface area contributed by atoms with Crippen molar-refractivity contribution in [2.24, 2.45) is 0 Å². The zero-order valence-electron chi connectivity index (χ0n) is 8.40. The van der Waals surface area contributed by atoms with Gasteiger partial charge >= 0.3 is 0 Å². The largest absolute Gasteiger partial charge is 0.421 e. The number of hydrogen-bond acceptors (Lipinski definition) is 1. The zero-order chi connectivity index (χ0) is 8.70. The third-order valence-corrected chi connectivity index (χ3v) is 38.3. The van der Waals surface area contributed by atoms with Crippen LogP contribution in [0, 0.1) is 0 Å². The fourth-order valence-corrected chi connectivity index (χ4v) is 33.3. The van der Waals surface area contributed by atoms with Crippen LogP contribution < -0.4 is 0 Å². The summed E-state index contributed by atoms with van der Waals surface area (Å²) >= 11 is 0. The molecule has 0 aromatic heterocycles. The minimum Gasteiger partial charge on any atom is -0.421 e. The van der Waals surface area contributed by atoms with Crippen molar-refractivity contribution in [1.82, 2.24) is 0 Å². The van der Waals surface area contributed by atoms with E-state index >= 15 is 0 Å². The predicted octanol–water partition coefficient (Wildman–Crippen LogP) is 1.94. The van der Waals surface area contributed by atoms with Gasteiger partial charge in [0.1, 0.15) is 0 Å². The molecule has 0 aromatic rings. The monoisotopic (exact) mass is 204 g/mol. The minimum atomic E-state index is -1.13. The first-order valence-electron chi connectivity index (χ1n) is 4.50. The third kappa shape index (κ3) is 1.85. The van der Waals surface area contributed by atoms with E-state index in [9.17, 15) is 0 Å². The van der Waals surface area contributed by atoms with E-state index in [4.69, 9.17) is 4.43 Å². The first-order chi connectivity index (χ1) is 4.86. The van der Waals surface area contributed by atoms with E-state index in [1.807, 2.05) is 0 Å². The Kier molecular flexibility index (Phi) is 2.49. The molecule has 0 spiro atoms. The van der Waals surface area contributed by atoms with Crippen molar-refractivity contribution in [3.63, 3.8) is 0 Å². The molecule has 1 fully saturated rings. The maximum Gasteiger partial charge on any atom is 0.167 e. The van der Waals surface area contributed by atoms with E-state index in [0.717, 1.165) is 6.61 Å². The topological polar surface area (TPSA) is 9.23 Å². The molecule has 1 unspecified atom stereocenters. The van der Waals surface area contributed by atoms with Crippen molar-refractivity contribution in [3.8, 4) is 0 Å². The van der Waals surface area contributed by atoms with E-state index in [2.05, 4.69) is 32.7 Å². The van der Waals surface area contributed by atoms with E-state index in [1.54, 1.807) is 0 Å². The number of hydrogen-bond donors (Lipinski definition) is 0. The van der Waals surface area contributed by atoms with Gasteiger partial charge in [0.2, 0.25) is 0 Å². The highest BCUT2D eigenvalue weighted by molar-refractivity contribution is 7.59. The van der Waals surface area contributed by atoms with Crippen molar-refractivity contribution in [2.75, 3.05) is 6.61 Å². The average molecular weight is 204 g/mol. The summed E-state index contributed by atoms with van der Waals surface area (Å²) in [6.07, 6.45) is 0. The van der Waals surface area contributed by atoms with Crippen molar-refractivity contribution in [2.45, 2.75) is 38.8 Å². The molecular weight excluding hydrogens is 184 g/mol. The second kappa shape index (κ2) is 2.83. The summed E-state index contributed by atoms with van der Waals surface area (Å²) in [5.74, 6) is 0. The predicted molar refractivity (Wildman–Crippen MR) is 58.7 cm³/mol. The summed E-state index contributed by atoms with van der Waals surface area (Å²) in [6, 6.07) is 1.43. The molecule has 4 heteroatoms. The summed E-state index contributed by atoms with van der Waals surface area (Å²) in [6.45, 7) is 13.6. The Balaban J connectivity index is 2.76. The first kappa shape index (κ1) is 9.70. The SMILES string of the molecule is C[SiH]1[Si](C)(C)CCO[Si]1(C)C. The van der Waals surface area contributed by atoms with Gasteiger partial charge in [-0.15, -0.1) is 0 Å². The fourth-order valence-electron chi connectivity index (χ4n) is 1.86. The van der Waals surface area contributed by atoms with Crippen LogP contribution in [0.2, 0.25) is 38.8 Å². The Morgan fingerprint density at radius 1 is 1.18 bits per heavy atom. The Morgan fingerprint density at radius 2 is 1.73 bits per heavy atom. The van der Waals surface area contributed by atoms with Gasteiger partial charge in [-0.05, 0) is 19.1 Å². The number of rotatable bonds is 0. The van der Waals surface area contributed by atoms with Gasteiger partial charge in [0.25, 0.3) is 0 Å². The van der Waals surface area contributed by atoms with Gasteiger partial charge in [0.15, 0.2) is 7.83 Å². The van der Waals surface area contributed by atoms with E-state index in [1.165, 1.54) is 6.04 Å². The van der Waals surface area contributed by atoms with E-state index < -0.39 is 23.3 Å². The molecular formula is C7H20OSi3. The molecule has 1 nitrogen and oxygen atoms in total. The average Bonchev–Trinajstić information content (AvgIpc) is 1.82. The lowest BCUT2D eigenvalue weighted by atomic mass is 10.9. The van der Waals surface area contributed by atoms with Crippen molar-refractivity contribution in [3.05, 3.63) is 0 Å². The van der Waals surface area contributed by atoms with Crippen LogP contribution in [-0.4, -0.2) is 29.9 Å². The highest BCUT2D eigenvalue weighted by atomic mass is 29.6. The molecule has 1 atom stereocenters. The molecule has 0 aromatic carbocycles. The molecule has 0 aliphatic carbocycles. The minimum absolute atomic E-state index is 0.457. The Hall–Kier alpha value is 0.611. The second-order valence-electron chi connectivity index (χ2n) is 4.91. The molecule has 0 saturated carbocycles. The van der Waals surface area contributed by atoms with Crippen LogP contribution in [0.4, 0.5) is 0 Å². The highest BCUT2D eigenvalue weighted by Crippen LogP contribution is 2.27. The zero-order valence-corrected chi connectivity index (χ0v) is 11.6. The quantitative estimate of drug-likeness (QED) is 0.548.